The summed E-state index contributed by atoms with van der Waals surface area (Å²) in [6.45, 7) is 4.86. The fourth-order valence-electron chi connectivity index (χ4n) is 2.32. The van der Waals surface area contributed by atoms with Crippen molar-refractivity contribution >= 4 is 5.91 Å². The van der Waals surface area contributed by atoms with Gasteiger partial charge in [-0.25, -0.2) is 0 Å². The highest BCUT2D eigenvalue weighted by Crippen LogP contribution is 2.18. The Morgan fingerprint density at radius 2 is 2.11 bits per heavy atom. The number of aliphatic hydroxyl groups excluding tert-OH is 1. The summed E-state index contributed by atoms with van der Waals surface area (Å²) in [5, 5.41) is 12.3. The van der Waals surface area contributed by atoms with E-state index in [1.54, 1.807) is 4.90 Å². The fourth-order valence-corrected chi connectivity index (χ4v) is 2.32. The summed E-state index contributed by atoms with van der Waals surface area (Å²) >= 11 is 0. The highest BCUT2D eigenvalue weighted by atomic mass is 16.3. The van der Waals surface area contributed by atoms with Gasteiger partial charge in [0, 0.05) is 31.7 Å². The van der Waals surface area contributed by atoms with Crippen molar-refractivity contribution in [3.63, 3.8) is 0 Å². The van der Waals surface area contributed by atoms with Gasteiger partial charge in [0.05, 0.1) is 6.61 Å². The molecular weight excluding hydrogens is 228 g/mol. The largest absolute Gasteiger partial charge is 0.395 e. The summed E-state index contributed by atoms with van der Waals surface area (Å²) in [4.78, 5) is 14.0. The molecule has 0 spiro atoms. The van der Waals surface area contributed by atoms with Gasteiger partial charge in [-0.2, -0.15) is 0 Å². The molecular formula is C14H20N2O2. The molecule has 2 N–H and O–H groups in total. The van der Waals surface area contributed by atoms with Crippen LogP contribution in [0.4, 0.5) is 0 Å². The molecule has 1 aromatic rings. The van der Waals surface area contributed by atoms with Crippen LogP contribution in [0.25, 0.3) is 0 Å². The van der Waals surface area contributed by atoms with Crippen molar-refractivity contribution in [3.8, 4) is 0 Å². The van der Waals surface area contributed by atoms with Gasteiger partial charge < -0.3 is 15.3 Å². The third-order valence-corrected chi connectivity index (χ3v) is 3.23. The van der Waals surface area contributed by atoms with Crippen LogP contribution >= 0.6 is 0 Å². The fraction of sp³-hybridized carbons (Fsp3) is 0.500. The molecule has 2 rings (SSSR count). The van der Waals surface area contributed by atoms with Gasteiger partial charge in [0.25, 0.3) is 5.91 Å². The van der Waals surface area contributed by atoms with Gasteiger partial charge in [0.1, 0.15) is 0 Å². The quantitative estimate of drug-likeness (QED) is 0.821. The van der Waals surface area contributed by atoms with E-state index in [0.29, 0.717) is 13.1 Å². The maximum absolute atomic E-state index is 12.3. The number of benzene rings is 1. The van der Waals surface area contributed by atoms with Crippen molar-refractivity contribution in [1.29, 1.82) is 0 Å². The first-order chi connectivity index (χ1) is 8.76. The second-order valence-electron chi connectivity index (χ2n) is 4.60. The molecule has 1 aliphatic rings. The van der Waals surface area contributed by atoms with E-state index in [9.17, 15) is 4.79 Å². The second kappa shape index (κ2) is 5.98. The van der Waals surface area contributed by atoms with Gasteiger partial charge in [-0.1, -0.05) is 13.0 Å². The third kappa shape index (κ3) is 2.71. The molecule has 0 bridgehead atoms. The number of nitrogens with zero attached hydrogens (tertiary/aromatic N) is 1. The van der Waals surface area contributed by atoms with E-state index < -0.39 is 0 Å². The molecule has 0 aliphatic carbocycles. The minimum atomic E-state index is 0.0121. The molecule has 0 saturated heterocycles. The van der Waals surface area contributed by atoms with E-state index in [2.05, 4.69) is 5.32 Å². The van der Waals surface area contributed by atoms with E-state index in [1.165, 1.54) is 11.1 Å². The monoisotopic (exact) mass is 248 g/mol. The predicted molar refractivity (Wildman–Crippen MR) is 70.3 cm³/mol. The van der Waals surface area contributed by atoms with Gasteiger partial charge in [-0.15, -0.1) is 0 Å². The Balaban J connectivity index is 2.16. The molecule has 0 fully saturated rings. The van der Waals surface area contributed by atoms with E-state index in [1.807, 2.05) is 25.1 Å². The van der Waals surface area contributed by atoms with Gasteiger partial charge in [-0.3, -0.25) is 4.79 Å². The molecule has 98 valence electrons. The van der Waals surface area contributed by atoms with E-state index in [4.69, 9.17) is 5.11 Å². The van der Waals surface area contributed by atoms with Crippen LogP contribution in [0.2, 0.25) is 0 Å². The normalized spacial score (nSPS) is 13.4. The van der Waals surface area contributed by atoms with E-state index >= 15 is 0 Å². The topological polar surface area (TPSA) is 52.6 Å². The Bertz CT molecular complexity index is 426. The molecule has 4 nitrogen and oxygen atoms in total. The number of carbonyl (C=O) groups is 1. The lowest BCUT2D eigenvalue weighted by atomic mass is 10.1. The Labute approximate surface area is 108 Å². The zero-order valence-electron chi connectivity index (χ0n) is 10.8. The number of nitrogens with one attached hydrogen (secondary N) is 1. The maximum Gasteiger partial charge on any atom is 0.253 e. The molecule has 0 unspecified atom stereocenters. The van der Waals surface area contributed by atoms with Crippen molar-refractivity contribution in [2.45, 2.75) is 26.4 Å². The number of fused-ring (bicyclic) bond motifs is 1. The minimum Gasteiger partial charge on any atom is -0.395 e. The molecule has 0 atom stereocenters. The van der Waals surface area contributed by atoms with Crippen molar-refractivity contribution in [2.24, 2.45) is 0 Å². The second-order valence-corrected chi connectivity index (χ2v) is 4.60. The van der Waals surface area contributed by atoms with Gasteiger partial charge in [0.15, 0.2) is 0 Å². The third-order valence-electron chi connectivity index (χ3n) is 3.23. The lowest BCUT2D eigenvalue weighted by Gasteiger charge is -2.21. The van der Waals surface area contributed by atoms with Crippen molar-refractivity contribution in [2.75, 3.05) is 19.7 Å². The first-order valence-electron chi connectivity index (χ1n) is 6.49. The van der Waals surface area contributed by atoms with Gasteiger partial charge in [0.2, 0.25) is 0 Å². The Morgan fingerprint density at radius 1 is 1.33 bits per heavy atom. The van der Waals surface area contributed by atoms with Crippen LogP contribution in [0, 0.1) is 0 Å². The minimum absolute atomic E-state index is 0.0121. The number of amides is 1. The molecule has 1 heterocycles. The molecule has 1 amide bonds. The van der Waals surface area contributed by atoms with Gasteiger partial charge in [-0.05, 0) is 29.7 Å². The van der Waals surface area contributed by atoms with Crippen LogP contribution in [0.15, 0.2) is 18.2 Å². The summed E-state index contributed by atoms with van der Waals surface area (Å²) in [5.41, 5.74) is 3.20. The standard InChI is InChI=1S/C14H20N2O2/c1-2-5-16(6-7-17)14(18)11-3-4-12-9-15-10-13(12)8-11/h3-4,8,15,17H,2,5-7,9-10H2,1H3. The molecule has 1 aromatic carbocycles. The summed E-state index contributed by atoms with van der Waals surface area (Å²) in [7, 11) is 0. The van der Waals surface area contributed by atoms with E-state index in [-0.39, 0.29) is 12.5 Å². The summed E-state index contributed by atoms with van der Waals surface area (Å²) in [5.74, 6) is 0.0144. The number of rotatable bonds is 5. The molecule has 18 heavy (non-hydrogen) atoms. The zero-order valence-corrected chi connectivity index (χ0v) is 10.8. The number of hydrogen-bond acceptors (Lipinski definition) is 3. The summed E-state index contributed by atoms with van der Waals surface area (Å²) in [6.07, 6.45) is 0.901. The Morgan fingerprint density at radius 3 is 2.83 bits per heavy atom. The highest BCUT2D eigenvalue weighted by molar-refractivity contribution is 5.94. The number of hydrogen-bond donors (Lipinski definition) is 2. The van der Waals surface area contributed by atoms with Crippen molar-refractivity contribution < 1.29 is 9.90 Å². The molecule has 0 saturated carbocycles. The Kier molecular flexibility index (Phi) is 4.33. The first kappa shape index (κ1) is 13.1. The predicted octanol–water partition coefficient (Wildman–Crippen LogP) is 1.13. The maximum atomic E-state index is 12.3. The van der Waals surface area contributed by atoms with E-state index in [0.717, 1.165) is 25.1 Å². The molecule has 1 aliphatic heterocycles. The smallest absolute Gasteiger partial charge is 0.253 e. The molecule has 4 heteroatoms. The lowest BCUT2D eigenvalue weighted by molar-refractivity contribution is 0.0722. The summed E-state index contributed by atoms with van der Waals surface area (Å²) < 4.78 is 0. The van der Waals surface area contributed by atoms with Gasteiger partial charge >= 0.3 is 0 Å². The zero-order chi connectivity index (χ0) is 13.0. The molecule has 0 radical (unpaired) electrons. The van der Waals surface area contributed by atoms with Crippen molar-refractivity contribution in [3.05, 3.63) is 34.9 Å². The summed E-state index contributed by atoms with van der Waals surface area (Å²) in [6, 6.07) is 5.87. The Hall–Kier alpha value is -1.39. The van der Waals surface area contributed by atoms with Crippen molar-refractivity contribution in [1.82, 2.24) is 10.2 Å². The van der Waals surface area contributed by atoms with Crippen LogP contribution in [0.5, 0.6) is 0 Å². The highest BCUT2D eigenvalue weighted by Gasteiger charge is 2.17. The molecule has 0 aromatic heterocycles. The average Bonchev–Trinajstić information content (AvgIpc) is 2.84. The number of aliphatic hydroxyl groups is 1. The van der Waals surface area contributed by atoms with Crippen LogP contribution in [-0.2, 0) is 13.1 Å². The van der Waals surface area contributed by atoms with Crippen LogP contribution < -0.4 is 5.32 Å². The first-order valence-corrected chi connectivity index (χ1v) is 6.49. The van der Waals surface area contributed by atoms with Crippen LogP contribution in [0.3, 0.4) is 0 Å². The number of carbonyl (C=O) groups excluding carboxylic acids is 1. The lowest BCUT2D eigenvalue weighted by Crippen LogP contribution is -2.34. The SMILES string of the molecule is CCCN(CCO)C(=O)c1ccc2c(c1)CNC2. The van der Waals surface area contributed by atoms with Crippen LogP contribution in [-0.4, -0.2) is 35.6 Å². The van der Waals surface area contributed by atoms with Crippen LogP contribution in [0.1, 0.15) is 34.8 Å². The average molecular weight is 248 g/mol.